The van der Waals surface area contributed by atoms with Gasteiger partial charge < -0.3 is 9.47 Å². The molecule has 0 spiro atoms. The molecule has 1 aromatic carbocycles. The Bertz CT molecular complexity index is 744. The summed E-state index contributed by atoms with van der Waals surface area (Å²) in [6.45, 7) is 3.90. The van der Waals surface area contributed by atoms with Gasteiger partial charge in [0.25, 0.3) is 0 Å². The van der Waals surface area contributed by atoms with Crippen LogP contribution in [0.4, 0.5) is 0 Å². The molecule has 2 aromatic heterocycles. The summed E-state index contributed by atoms with van der Waals surface area (Å²) in [4.78, 5) is 9.26. The summed E-state index contributed by atoms with van der Waals surface area (Å²) >= 11 is 0. The molecule has 0 aliphatic heterocycles. The van der Waals surface area contributed by atoms with Crippen molar-refractivity contribution in [2.24, 2.45) is 0 Å². The number of rotatable bonds is 2. The first-order chi connectivity index (χ1) is 9.63. The maximum atomic E-state index is 5.44. The van der Waals surface area contributed by atoms with Gasteiger partial charge in [-0.15, -0.1) is 0 Å². The minimum Gasteiger partial charge on any atom is -0.496 e. The monoisotopic (exact) mass is 268 g/mol. The molecule has 102 valence electrons. The molecule has 0 radical (unpaired) electrons. The molecule has 2 heterocycles. The van der Waals surface area contributed by atoms with Crippen LogP contribution >= 0.6 is 0 Å². The van der Waals surface area contributed by atoms with Crippen molar-refractivity contribution in [2.75, 3.05) is 14.2 Å². The Morgan fingerprint density at radius 3 is 1.50 bits per heavy atom. The Kier molecular flexibility index (Phi) is 2.93. The second kappa shape index (κ2) is 4.63. The SMILES string of the molecule is COc1cc(C)nc2c1ccc1c(OC)cc(C)nc12. The molecule has 0 aliphatic carbocycles. The van der Waals surface area contributed by atoms with E-state index in [-0.39, 0.29) is 0 Å². The average molecular weight is 268 g/mol. The molecule has 0 aliphatic rings. The summed E-state index contributed by atoms with van der Waals surface area (Å²) in [7, 11) is 3.34. The van der Waals surface area contributed by atoms with Crippen molar-refractivity contribution in [1.29, 1.82) is 0 Å². The second-order valence-corrected chi connectivity index (χ2v) is 4.79. The first-order valence-electron chi connectivity index (χ1n) is 6.43. The number of hydrogen-bond donors (Lipinski definition) is 0. The standard InChI is InChI=1S/C16H16N2O2/c1-9-7-13(19-3)11-5-6-12-14(20-4)8-10(2)18-16(12)15(11)17-9/h5-8H,1-4H3. The van der Waals surface area contributed by atoms with Gasteiger partial charge in [-0.05, 0) is 26.0 Å². The fourth-order valence-electron chi connectivity index (χ4n) is 2.49. The quantitative estimate of drug-likeness (QED) is 0.668. The first-order valence-corrected chi connectivity index (χ1v) is 6.43. The summed E-state index contributed by atoms with van der Waals surface area (Å²) in [5.74, 6) is 1.63. The molecule has 0 fully saturated rings. The highest BCUT2D eigenvalue weighted by atomic mass is 16.5. The molecule has 3 aromatic rings. The second-order valence-electron chi connectivity index (χ2n) is 4.79. The van der Waals surface area contributed by atoms with Crippen molar-refractivity contribution in [1.82, 2.24) is 9.97 Å². The molecule has 0 bridgehead atoms. The third kappa shape index (κ3) is 1.84. The average Bonchev–Trinajstić information content (AvgIpc) is 2.45. The largest absolute Gasteiger partial charge is 0.496 e. The number of methoxy groups -OCH3 is 2. The lowest BCUT2D eigenvalue weighted by molar-refractivity contribution is 0.418. The van der Waals surface area contributed by atoms with Crippen LogP contribution in [0.3, 0.4) is 0 Å². The third-order valence-electron chi connectivity index (χ3n) is 3.38. The predicted molar refractivity (Wildman–Crippen MR) is 79.6 cm³/mol. The van der Waals surface area contributed by atoms with E-state index >= 15 is 0 Å². The normalized spacial score (nSPS) is 11.0. The molecular weight excluding hydrogens is 252 g/mol. The molecule has 0 saturated carbocycles. The van der Waals surface area contributed by atoms with Crippen LogP contribution in [-0.2, 0) is 0 Å². The number of aromatic nitrogens is 2. The van der Waals surface area contributed by atoms with Gasteiger partial charge >= 0.3 is 0 Å². The van der Waals surface area contributed by atoms with Gasteiger partial charge in [-0.3, -0.25) is 9.97 Å². The van der Waals surface area contributed by atoms with Crippen LogP contribution in [-0.4, -0.2) is 24.2 Å². The Hall–Kier alpha value is -2.36. The van der Waals surface area contributed by atoms with Crippen molar-refractivity contribution in [2.45, 2.75) is 13.8 Å². The Morgan fingerprint density at radius 2 is 1.15 bits per heavy atom. The van der Waals surface area contributed by atoms with Crippen LogP contribution in [0.15, 0.2) is 24.3 Å². The first kappa shape index (κ1) is 12.7. The molecule has 4 heteroatoms. The fraction of sp³-hybridized carbons (Fsp3) is 0.250. The minimum absolute atomic E-state index is 0.816. The van der Waals surface area contributed by atoms with Crippen molar-refractivity contribution >= 4 is 21.8 Å². The molecule has 0 unspecified atom stereocenters. The van der Waals surface area contributed by atoms with Crippen LogP contribution < -0.4 is 9.47 Å². The highest BCUT2D eigenvalue weighted by Gasteiger charge is 2.12. The van der Waals surface area contributed by atoms with Crippen molar-refractivity contribution in [3.8, 4) is 11.5 Å². The van der Waals surface area contributed by atoms with E-state index in [9.17, 15) is 0 Å². The molecule has 4 nitrogen and oxygen atoms in total. The zero-order valence-electron chi connectivity index (χ0n) is 12.0. The van der Waals surface area contributed by atoms with Crippen LogP contribution in [0, 0.1) is 13.8 Å². The molecule has 20 heavy (non-hydrogen) atoms. The number of hydrogen-bond acceptors (Lipinski definition) is 4. The van der Waals surface area contributed by atoms with E-state index < -0.39 is 0 Å². The van der Waals surface area contributed by atoms with E-state index in [2.05, 4.69) is 9.97 Å². The van der Waals surface area contributed by atoms with Gasteiger partial charge in [-0.25, -0.2) is 0 Å². The smallest absolute Gasteiger partial charge is 0.130 e. The summed E-state index contributed by atoms with van der Waals surface area (Å²) in [5, 5.41) is 1.93. The van der Waals surface area contributed by atoms with Gasteiger partial charge in [0.05, 0.1) is 14.2 Å². The molecule has 0 atom stereocenters. The van der Waals surface area contributed by atoms with E-state index in [0.717, 1.165) is 44.7 Å². The highest BCUT2D eigenvalue weighted by Crippen LogP contribution is 2.34. The lowest BCUT2D eigenvalue weighted by Gasteiger charge is -2.11. The highest BCUT2D eigenvalue weighted by molar-refractivity contribution is 6.07. The number of fused-ring (bicyclic) bond motifs is 3. The topological polar surface area (TPSA) is 44.2 Å². The zero-order chi connectivity index (χ0) is 14.3. The van der Waals surface area contributed by atoms with Gasteiger partial charge in [0.1, 0.15) is 22.5 Å². The number of benzene rings is 1. The Morgan fingerprint density at radius 1 is 0.750 bits per heavy atom. The van der Waals surface area contributed by atoms with Crippen LogP contribution in [0.2, 0.25) is 0 Å². The summed E-state index contributed by atoms with van der Waals surface area (Å²) < 4.78 is 10.9. The van der Waals surface area contributed by atoms with Gasteiger partial charge in [0, 0.05) is 34.3 Å². The number of aryl methyl sites for hydroxylation is 2. The van der Waals surface area contributed by atoms with E-state index in [1.165, 1.54) is 0 Å². The van der Waals surface area contributed by atoms with E-state index in [1.807, 2.05) is 38.1 Å². The predicted octanol–water partition coefficient (Wildman–Crippen LogP) is 3.42. The Balaban J connectivity index is 2.52. The van der Waals surface area contributed by atoms with Crippen molar-refractivity contribution in [3.63, 3.8) is 0 Å². The van der Waals surface area contributed by atoms with Gasteiger partial charge in [-0.1, -0.05) is 0 Å². The summed E-state index contributed by atoms with van der Waals surface area (Å²) in [5.41, 5.74) is 3.51. The van der Waals surface area contributed by atoms with Crippen LogP contribution in [0.5, 0.6) is 11.5 Å². The lowest BCUT2D eigenvalue weighted by atomic mass is 10.1. The van der Waals surface area contributed by atoms with Crippen molar-refractivity contribution in [3.05, 3.63) is 35.7 Å². The maximum absolute atomic E-state index is 5.44. The van der Waals surface area contributed by atoms with E-state index in [1.54, 1.807) is 14.2 Å². The minimum atomic E-state index is 0.816. The molecule has 3 rings (SSSR count). The summed E-state index contributed by atoms with van der Waals surface area (Å²) in [6.07, 6.45) is 0. The van der Waals surface area contributed by atoms with Gasteiger partial charge in [0.15, 0.2) is 0 Å². The fourth-order valence-corrected chi connectivity index (χ4v) is 2.49. The number of nitrogens with zero attached hydrogens (tertiary/aromatic N) is 2. The molecule has 0 saturated heterocycles. The molecular formula is C16H16N2O2. The number of ether oxygens (including phenoxy) is 2. The maximum Gasteiger partial charge on any atom is 0.130 e. The zero-order valence-corrected chi connectivity index (χ0v) is 12.0. The molecule has 0 amide bonds. The van der Waals surface area contributed by atoms with Gasteiger partial charge in [0.2, 0.25) is 0 Å². The summed E-state index contributed by atoms with van der Waals surface area (Å²) in [6, 6.07) is 7.87. The Labute approximate surface area is 117 Å². The van der Waals surface area contributed by atoms with Crippen molar-refractivity contribution < 1.29 is 9.47 Å². The van der Waals surface area contributed by atoms with Crippen LogP contribution in [0.25, 0.3) is 21.8 Å². The van der Waals surface area contributed by atoms with E-state index in [4.69, 9.17) is 9.47 Å². The number of pyridine rings is 2. The lowest BCUT2D eigenvalue weighted by Crippen LogP contribution is -1.95. The van der Waals surface area contributed by atoms with Crippen LogP contribution in [0.1, 0.15) is 11.4 Å². The third-order valence-corrected chi connectivity index (χ3v) is 3.38. The molecule has 0 N–H and O–H groups in total. The van der Waals surface area contributed by atoms with E-state index in [0.29, 0.717) is 0 Å². The van der Waals surface area contributed by atoms with Gasteiger partial charge in [-0.2, -0.15) is 0 Å².